The van der Waals surface area contributed by atoms with E-state index in [2.05, 4.69) is 5.32 Å². The van der Waals surface area contributed by atoms with E-state index in [-0.39, 0.29) is 11.9 Å². The lowest BCUT2D eigenvalue weighted by Crippen LogP contribution is -2.35. The first-order valence-electron chi connectivity index (χ1n) is 4.78. The highest BCUT2D eigenvalue weighted by Gasteiger charge is 2.22. The number of likely N-dealkylation sites (N-methyl/N-ethyl adjacent to an activating group) is 1. The molecular weight excluding hydrogens is 176 g/mol. The monoisotopic (exact) mass is 190 g/mol. The fourth-order valence-electron chi connectivity index (χ4n) is 1.76. The van der Waals surface area contributed by atoms with Gasteiger partial charge in [0.05, 0.1) is 0 Å². The summed E-state index contributed by atoms with van der Waals surface area (Å²) in [5, 5.41) is 3.21. The summed E-state index contributed by atoms with van der Waals surface area (Å²) in [7, 11) is 1.84. The third kappa shape index (κ3) is 1.45. The van der Waals surface area contributed by atoms with Crippen molar-refractivity contribution in [2.24, 2.45) is 0 Å². The molecule has 0 saturated carbocycles. The van der Waals surface area contributed by atoms with E-state index in [1.807, 2.05) is 38.2 Å². The van der Waals surface area contributed by atoms with Crippen LogP contribution in [0.3, 0.4) is 0 Å². The van der Waals surface area contributed by atoms with Crippen molar-refractivity contribution in [2.75, 3.05) is 12.4 Å². The highest BCUT2D eigenvalue weighted by Crippen LogP contribution is 2.21. The minimum absolute atomic E-state index is 0.136. The summed E-state index contributed by atoms with van der Waals surface area (Å²) in [6, 6.07) is 7.90. The first kappa shape index (κ1) is 9.06. The molecule has 1 aliphatic heterocycles. The molecule has 3 heteroatoms. The van der Waals surface area contributed by atoms with Crippen molar-refractivity contribution >= 4 is 11.6 Å². The van der Waals surface area contributed by atoms with E-state index in [0.29, 0.717) is 6.54 Å². The van der Waals surface area contributed by atoms with Crippen LogP contribution >= 0.6 is 0 Å². The Morgan fingerprint density at radius 2 is 2.14 bits per heavy atom. The van der Waals surface area contributed by atoms with Gasteiger partial charge in [-0.25, -0.2) is 0 Å². The number of nitrogens with zero attached hydrogens (tertiary/aromatic N) is 1. The molecule has 1 aliphatic rings. The van der Waals surface area contributed by atoms with Crippen molar-refractivity contribution in [3.05, 3.63) is 29.8 Å². The Hall–Kier alpha value is -1.51. The predicted octanol–water partition coefficient (Wildman–Crippen LogP) is 1.46. The van der Waals surface area contributed by atoms with Crippen LogP contribution in [0.4, 0.5) is 5.69 Å². The van der Waals surface area contributed by atoms with Gasteiger partial charge in [-0.1, -0.05) is 18.2 Å². The van der Waals surface area contributed by atoms with Gasteiger partial charge in [0.25, 0.3) is 0 Å². The summed E-state index contributed by atoms with van der Waals surface area (Å²) >= 11 is 0. The average Bonchev–Trinajstić information content (AvgIpc) is 2.28. The number of anilines is 1. The molecule has 3 nitrogen and oxygen atoms in total. The van der Waals surface area contributed by atoms with Crippen molar-refractivity contribution in [3.8, 4) is 0 Å². The van der Waals surface area contributed by atoms with Crippen molar-refractivity contribution in [1.82, 2.24) is 4.90 Å². The molecule has 14 heavy (non-hydrogen) atoms. The molecule has 0 fully saturated rings. The highest BCUT2D eigenvalue weighted by molar-refractivity contribution is 5.85. The van der Waals surface area contributed by atoms with Crippen molar-refractivity contribution < 1.29 is 4.79 Å². The summed E-state index contributed by atoms with van der Waals surface area (Å²) in [6.45, 7) is 2.58. The van der Waals surface area contributed by atoms with Gasteiger partial charge in [-0.3, -0.25) is 4.79 Å². The highest BCUT2D eigenvalue weighted by atomic mass is 16.2. The Morgan fingerprint density at radius 3 is 2.93 bits per heavy atom. The van der Waals surface area contributed by atoms with E-state index in [0.717, 1.165) is 5.69 Å². The zero-order valence-electron chi connectivity index (χ0n) is 8.45. The standard InChI is InChI=1S/C11H14N2O/c1-8-11(14)13(2)7-9-5-3-4-6-10(9)12-8/h3-6,8,12H,7H2,1-2H3/t8-/m0/s1. The predicted molar refractivity (Wildman–Crippen MR) is 56.0 cm³/mol. The quantitative estimate of drug-likeness (QED) is 0.671. The summed E-state index contributed by atoms with van der Waals surface area (Å²) < 4.78 is 0. The summed E-state index contributed by atoms with van der Waals surface area (Å²) in [5.74, 6) is 0.140. The second-order valence-corrected chi connectivity index (χ2v) is 3.72. The Bertz CT molecular complexity index is 329. The smallest absolute Gasteiger partial charge is 0.244 e. The van der Waals surface area contributed by atoms with E-state index in [9.17, 15) is 4.79 Å². The lowest BCUT2D eigenvalue weighted by Gasteiger charge is -2.16. The number of amides is 1. The largest absolute Gasteiger partial charge is 0.374 e. The van der Waals surface area contributed by atoms with Crippen LogP contribution in [0.1, 0.15) is 12.5 Å². The minimum Gasteiger partial charge on any atom is -0.374 e. The lowest BCUT2D eigenvalue weighted by atomic mass is 10.2. The SMILES string of the molecule is C[C@@H]1Nc2ccccc2CN(C)C1=O. The minimum atomic E-state index is -0.136. The van der Waals surface area contributed by atoms with Crippen LogP contribution in [-0.2, 0) is 11.3 Å². The Labute approximate surface area is 83.7 Å². The second-order valence-electron chi connectivity index (χ2n) is 3.72. The molecule has 2 rings (SSSR count). The topological polar surface area (TPSA) is 32.3 Å². The molecule has 1 heterocycles. The molecule has 1 aromatic rings. The Morgan fingerprint density at radius 1 is 1.43 bits per heavy atom. The maximum atomic E-state index is 11.7. The van der Waals surface area contributed by atoms with Gasteiger partial charge in [0.2, 0.25) is 5.91 Å². The van der Waals surface area contributed by atoms with Crippen LogP contribution < -0.4 is 5.32 Å². The average molecular weight is 190 g/mol. The maximum Gasteiger partial charge on any atom is 0.244 e. The molecular formula is C11H14N2O. The third-order valence-corrected chi connectivity index (χ3v) is 2.54. The summed E-state index contributed by atoms with van der Waals surface area (Å²) in [4.78, 5) is 13.4. The number of benzene rings is 1. The van der Waals surface area contributed by atoms with Crippen LogP contribution in [0.15, 0.2) is 24.3 Å². The molecule has 0 saturated heterocycles. The van der Waals surface area contributed by atoms with Gasteiger partial charge >= 0.3 is 0 Å². The molecule has 74 valence electrons. The first-order valence-corrected chi connectivity index (χ1v) is 4.78. The molecule has 0 aliphatic carbocycles. The van der Waals surface area contributed by atoms with Gasteiger partial charge in [0.15, 0.2) is 0 Å². The lowest BCUT2D eigenvalue weighted by molar-refractivity contribution is -0.130. The van der Waals surface area contributed by atoms with Crippen molar-refractivity contribution in [1.29, 1.82) is 0 Å². The van der Waals surface area contributed by atoms with E-state index >= 15 is 0 Å². The van der Waals surface area contributed by atoms with Crippen LogP contribution in [0.25, 0.3) is 0 Å². The summed E-state index contributed by atoms with van der Waals surface area (Å²) in [6.07, 6.45) is 0. The van der Waals surface area contributed by atoms with Gasteiger partial charge in [-0.05, 0) is 18.6 Å². The van der Waals surface area contributed by atoms with E-state index in [1.165, 1.54) is 5.56 Å². The maximum absolute atomic E-state index is 11.7. The fraction of sp³-hybridized carbons (Fsp3) is 0.364. The van der Waals surface area contributed by atoms with Gasteiger partial charge in [0.1, 0.15) is 6.04 Å². The molecule has 1 amide bonds. The number of carbonyl (C=O) groups is 1. The molecule has 1 atom stereocenters. The normalized spacial score (nSPS) is 21.1. The molecule has 0 bridgehead atoms. The van der Waals surface area contributed by atoms with Crippen LogP contribution in [0.5, 0.6) is 0 Å². The molecule has 0 spiro atoms. The molecule has 1 N–H and O–H groups in total. The van der Waals surface area contributed by atoms with Gasteiger partial charge in [-0.2, -0.15) is 0 Å². The Balaban J connectivity index is 2.39. The fourth-order valence-corrected chi connectivity index (χ4v) is 1.76. The van der Waals surface area contributed by atoms with E-state index < -0.39 is 0 Å². The number of rotatable bonds is 0. The molecule has 1 aromatic carbocycles. The third-order valence-electron chi connectivity index (χ3n) is 2.54. The first-order chi connectivity index (χ1) is 6.68. The van der Waals surface area contributed by atoms with Gasteiger partial charge in [-0.15, -0.1) is 0 Å². The number of fused-ring (bicyclic) bond motifs is 1. The Kier molecular flexibility index (Phi) is 2.15. The number of carbonyl (C=O) groups excluding carboxylic acids is 1. The van der Waals surface area contributed by atoms with Crippen molar-refractivity contribution in [2.45, 2.75) is 19.5 Å². The second kappa shape index (κ2) is 3.33. The van der Waals surface area contributed by atoms with E-state index in [4.69, 9.17) is 0 Å². The number of para-hydroxylation sites is 1. The summed E-state index contributed by atoms with van der Waals surface area (Å²) in [5.41, 5.74) is 2.24. The van der Waals surface area contributed by atoms with Crippen molar-refractivity contribution in [3.63, 3.8) is 0 Å². The molecule has 0 radical (unpaired) electrons. The van der Waals surface area contributed by atoms with Gasteiger partial charge in [0, 0.05) is 19.3 Å². The van der Waals surface area contributed by atoms with Crippen LogP contribution in [-0.4, -0.2) is 23.9 Å². The zero-order valence-corrected chi connectivity index (χ0v) is 8.45. The number of hydrogen-bond donors (Lipinski definition) is 1. The van der Waals surface area contributed by atoms with Crippen LogP contribution in [0, 0.1) is 0 Å². The van der Waals surface area contributed by atoms with Gasteiger partial charge < -0.3 is 10.2 Å². The van der Waals surface area contributed by atoms with Crippen LogP contribution in [0.2, 0.25) is 0 Å². The number of nitrogens with one attached hydrogen (secondary N) is 1. The zero-order chi connectivity index (χ0) is 10.1. The molecule has 0 aromatic heterocycles. The number of hydrogen-bond acceptors (Lipinski definition) is 2. The van der Waals surface area contributed by atoms with E-state index in [1.54, 1.807) is 4.90 Å². The molecule has 0 unspecified atom stereocenters.